The Bertz CT molecular complexity index is 487. The number of alkyl halides is 3. The molecule has 118 valence electrons. The Balaban J connectivity index is 0.00000220. The van der Waals surface area contributed by atoms with Gasteiger partial charge >= 0.3 is 6.18 Å². The monoisotopic (exact) mass is 322 g/mol. The van der Waals surface area contributed by atoms with Gasteiger partial charge in [0, 0.05) is 0 Å². The lowest BCUT2D eigenvalue weighted by atomic mass is 10.0. The van der Waals surface area contributed by atoms with E-state index in [-0.39, 0.29) is 24.4 Å². The zero-order valence-corrected chi connectivity index (χ0v) is 12.4. The van der Waals surface area contributed by atoms with Gasteiger partial charge in [-0.1, -0.05) is 12.1 Å². The Morgan fingerprint density at radius 3 is 2.71 bits per heavy atom. The van der Waals surface area contributed by atoms with Crippen LogP contribution in [-0.4, -0.2) is 18.5 Å². The average molecular weight is 323 g/mol. The molecule has 0 aliphatic carbocycles. The summed E-state index contributed by atoms with van der Waals surface area (Å²) in [4.78, 5) is 11.9. The zero-order valence-electron chi connectivity index (χ0n) is 11.5. The van der Waals surface area contributed by atoms with Crippen LogP contribution in [0.15, 0.2) is 24.3 Å². The van der Waals surface area contributed by atoms with Crippen LogP contribution in [0, 0.1) is 0 Å². The van der Waals surface area contributed by atoms with Crippen LogP contribution in [0.2, 0.25) is 0 Å². The molecule has 0 radical (unpaired) electrons. The molecule has 1 fully saturated rings. The molecule has 2 N–H and O–H groups in total. The molecule has 1 aromatic rings. The Morgan fingerprint density at radius 2 is 2.14 bits per heavy atom. The van der Waals surface area contributed by atoms with Crippen LogP contribution in [-0.2, 0) is 11.0 Å². The minimum absolute atomic E-state index is 0. The average Bonchev–Trinajstić information content (AvgIpc) is 2.91. The molecule has 7 heteroatoms. The molecule has 2 rings (SSSR count). The smallest absolute Gasteiger partial charge is 0.348 e. The lowest BCUT2D eigenvalue weighted by Gasteiger charge is -2.18. The largest absolute Gasteiger partial charge is 0.416 e. The van der Waals surface area contributed by atoms with Crippen molar-refractivity contribution in [3.05, 3.63) is 35.4 Å². The molecule has 0 spiro atoms. The molecule has 21 heavy (non-hydrogen) atoms. The van der Waals surface area contributed by atoms with Crippen LogP contribution in [0.5, 0.6) is 0 Å². The molecule has 2 unspecified atom stereocenters. The van der Waals surface area contributed by atoms with Gasteiger partial charge in [0.15, 0.2) is 0 Å². The SMILES string of the molecule is CC(NC(=O)C1CCCN1)c1cccc(C(F)(F)F)c1.Cl. The maximum Gasteiger partial charge on any atom is 0.416 e. The van der Waals surface area contributed by atoms with Crippen molar-refractivity contribution in [3.8, 4) is 0 Å². The third kappa shape index (κ3) is 4.61. The second kappa shape index (κ2) is 7.13. The summed E-state index contributed by atoms with van der Waals surface area (Å²) in [6.07, 6.45) is -2.66. The first kappa shape index (κ1) is 17.8. The fourth-order valence-corrected chi connectivity index (χ4v) is 2.29. The number of hydrogen-bond acceptors (Lipinski definition) is 2. The predicted octanol–water partition coefficient (Wildman–Crippen LogP) is 3.06. The Kier molecular flexibility index (Phi) is 6.04. The van der Waals surface area contributed by atoms with Crippen LogP contribution < -0.4 is 10.6 Å². The number of carbonyl (C=O) groups excluding carboxylic acids is 1. The Hall–Kier alpha value is -1.27. The lowest BCUT2D eigenvalue weighted by Crippen LogP contribution is -2.41. The predicted molar refractivity (Wildman–Crippen MR) is 76.3 cm³/mol. The lowest BCUT2D eigenvalue weighted by molar-refractivity contribution is -0.137. The highest BCUT2D eigenvalue weighted by Crippen LogP contribution is 2.30. The third-order valence-electron chi connectivity index (χ3n) is 3.45. The number of hydrogen-bond donors (Lipinski definition) is 2. The van der Waals surface area contributed by atoms with Crippen molar-refractivity contribution >= 4 is 18.3 Å². The van der Waals surface area contributed by atoms with E-state index in [1.165, 1.54) is 6.07 Å². The second-order valence-corrected chi connectivity index (χ2v) is 5.00. The summed E-state index contributed by atoms with van der Waals surface area (Å²) < 4.78 is 37.9. The van der Waals surface area contributed by atoms with Crippen molar-refractivity contribution in [1.82, 2.24) is 10.6 Å². The summed E-state index contributed by atoms with van der Waals surface area (Å²) >= 11 is 0. The van der Waals surface area contributed by atoms with Gasteiger partial charge in [0.2, 0.25) is 5.91 Å². The van der Waals surface area contributed by atoms with Gasteiger partial charge < -0.3 is 10.6 Å². The van der Waals surface area contributed by atoms with E-state index in [4.69, 9.17) is 0 Å². The zero-order chi connectivity index (χ0) is 14.8. The van der Waals surface area contributed by atoms with Crippen LogP contribution in [0.1, 0.15) is 36.9 Å². The van der Waals surface area contributed by atoms with E-state index in [1.807, 2.05) is 0 Å². The van der Waals surface area contributed by atoms with Gasteiger partial charge in [-0.2, -0.15) is 13.2 Å². The van der Waals surface area contributed by atoms with Crippen molar-refractivity contribution < 1.29 is 18.0 Å². The van der Waals surface area contributed by atoms with Crippen molar-refractivity contribution in [2.75, 3.05) is 6.54 Å². The maximum absolute atomic E-state index is 12.6. The van der Waals surface area contributed by atoms with Gasteiger partial charge in [-0.15, -0.1) is 12.4 Å². The van der Waals surface area contributed by atoms with Gasteiger partial charge in [-0.05, 0) is 44.0 Å². The molecular weight excluding hydrogens is 305 g/mol. The number of halogens is 4. The maximum atomic E-state index is 12.6. The highest BCUT2D eigenvalue weighted by Gasteiger charge is 2.31. The fourth-order valence-electron chi connectivity index (χ4n) is 2.29. The van der Waals surface area contributed by atoms with Crippen LogP contribution in [0.4, 0.5) is 13.2 Å². The molecule has 1 saturated heterocycles. The number of amides is 1. The molecular formula is C14H18ClF3N2O. The van der Waals surface area contributed by atoms with Crippen molar-refractivity contribution in [1.29, 1.82) is 0 Å². The Morgan fingerprint density at radius 1 is 1.43 bits per heavy atom. The first-order valence-corrected chi connectivity index (χ1v) is 6.59. The van der Waals surface area contributed by atoms with E-state index in [1.54, 1.807) is 13.0 Å². The van der Waals surface area contributed by atoms with Crippen molar-refractivity contribution in [2.24, 2.45) is 0 Å². The molecule has 2 atom stereocenters. The van der Waals surface area contributed by atoms with Gasteiger partial charge in [-0.25, -0.2) is 0 Å². The van der Waals surface area contributed by atoms with Crippen molar-refractivity contribution in [2.45, 2.75) is 38.0 Å². The number of benzene rings is 1. The Labute approximate surface area is 127 Å². The molecule has 1 amide bonds. The van der Waals surface area contributed by atoms with Gasteiger partial charge in [0.05, 0.1) is 17.6 Å². The van der Waals surface area contributed by atoms with Crippen LogP contribution >= 0.6 is 12.4 Å². The summed E-state index contributed by atoms with van der Waals surface area (Å²) in [5.41, 5.74) is -0.249. The van der Waals surface area contributed by atoms with Gasteiger partial charge in [0.25, 0.3) is 0 Å². The van der Waals surface area contributed by atoms with E-state index >= 15 is 0 Å². The second-order valence-electron chi connectivity index (χ2n) is 5.00. The third-order valence-corrected chi connectivity index (χ3v) is 3.45. The van der Waals surface area contributed by atoms with E-state index in [9.17, 15) is 18.0 Å². The summed E-state index contributed by atoms with van der Waals surface area (Å²) in [6.45, 7) is 2.48. The summed E-state index contributed by atoms with van der Waals surface area (Å²) in [5.74, 6) is -0.160. The molecule has 1 aliphatic rings. The minimum Gasteiger partial charge on any atom is -0.348 e. The van der Waals surface area contributed by atoms with E-state index in [0.29, 0.717) is 5.56 Å². The first-order valence-electron chi connectivity index (χ1n) is 6.59. The topological polar surface area (TPSA) is 41.1 Å². The van der Waals surface area contributed by atoms with Gasteiger partial charge in [-0.3, -0.25) is 4.79 Å². The molecule has 1 heterocycles. The number of carbonyl (C=O) groups is 1. The van der Waals surface area contributed by atoms with E-state index < -0.39 is 17.8 Å². The fraction of sp³-hybridized carbons (Fsp3) is 0.500. The quantitative estimate of drug-likeness (QED) is 0.898. The molecule has 0 saturated carbocycles. The number of nitrogens with one attached hydrogen (secondary N) is 2. The van der Waals surface area contributed by atoms with E-state index in [0.717, 1.165) is 31.5 Å². The normalized spacial score (nSPS) is 19.7. The highest BCUT2D eigenvalue weighted by atomic mass is 35.5. The summed E-state index contributed by atoms with van der Waals surface area (Å²) in [7, 11) is 0. The molecule has 0 aromatic heterocycles. The first-order chi connectivity index (χ1) is 9.38. The van der Waals surface area contributed by atoms with Crippen LogP contribution in [0.3, 0.4) is 0 Å². The number of rotatable bonds is 3. The van der Waals surface area contributed by atoms with Crippen molar-refractivity contribution in [3.63, 3.8) is 0 Å². The van der Waals surface area contributed by atoms with Crippen LogP contribution in [0.25, 0.3) is 0 Å². The molecule has 0 bridgehead atoms. The van der Waals surface area contributed by atoms with E-state index in [2.05, 4.69) is 10.6 Å². The molecule has 1 aliphatic heterocycles. The molecule has 1 aromatic carbocycles. The minimum atomic E-state index is -4.37. The highest BCUT2D eigenvalue weighted by molar-refractivity contribution is 5.85. The molecule has 3 nitrogen and oxygen atoms in total. The summed E-state index contributed by atoms with van der Waals surface area (Å²) in [5, 5.41) is 5.80. The van der Waals surface area contributed by atoms with Gasteiger partial charge in [0.1, 0.15) is 0 Å². The standard InChI is InChI=1S/C14H17F3N2O.ClH/c1-9(19-13(20)12-6-3-7-18-12)10-4-2-5-11(8-10)14(15,16)17;/h2,4-5,8-9,12,18H,3,6-7H2,1H3,(H,19,20);1H. The summed E-state index contributed by atoms with van der Waals surface area (Å²) in [6, 6.07) is 4.36.